The number of hydrogen-bond acceptors (Lipinski definition) is 5. The zero-order valence-corrected chi connectivity index (χ0v) is 14.5. The second-order valence-electron chi connectivity index (χ2n) is 5.03. The standard InChI is InChI=1S/C18H18O5S/c1-4-6-14-9-10-17(18(11-14)22-3)23-24(20,21)16-8-5-7-15(12-16)13(2)19/h4-12H,1-3H3/b6-4+. The van der Waals surface area contributed by atoms with E-state index >= 15 is 0 Å². The summed E-state index contributed by atoms with van der Waals surface area (Å²) >= 11 is 0. The number of ether oxygens (including phenoxy) is 1. The fourth-order valence-corrected chi connectivity index (χ4v) is 3.07. The predicted octanol–water partition coefficient (Wildman–Crippen LogP) is 3.70. The third-order valence-corrected chi connectivity index (χ3v) is 4.51. The van der Waals surface area contributed by atoms with Gasteiger partial charge in [-0.1, -0.05) is 30.4 Å². The molecule has 0 spiro atoms. The second kappa shape index (κ2) is 7.31. The number of benzene rings is 2. The molecular weight excluding hydrogens is 328 g/mol. The molecule has 0 fully saturated rings. The van der Waals surface area contributed by atoms with Crippen molar-refractivity contribution in [1.29, 1.82) is 0 Å². The van der Waals surface area contributed by atoms with Gasteiger partial charge in [0.25, 0.3) is 0 Å². The number of allylic oxidation sites excluding steroid dienone is 1. The third-order valence-electron chi connectivity index (χ3n) is 3.28. The SMILES string of the molecule is C/C=C/c1ccc(OS(=O)(=O)c2cccc(C(C)=O)c2)c(OC)c1. The Balaban J connectivity index is 2.39. The minimum absolute atomic E-state index is 0.0824. The second-order valence-corrected chi connectivity index (χ2v) is 6.58. The monoisotopic (exact) mass is 346 g/mol. The molecule has 0 aliphatic heterocycles. The number of ketones is 1. The van der Waals surface area contributed by atoms with Crippen LogP contribution in [0, 0.1) is 0 Å². The van der Waals surface area contributed by atoms with E-state index in [0.29, 0.717) is 11.3 Å². The summed E-state index contributed by atoms with van der Waals surface area (Å²) in [6.45, 7) is 3.25. The zero-order valence-electron chi connectivity index (χ0n) is 13.6. The van der Waals surface area contributed by atoms with Gasteiger partial charge in [0.15, 0.2) is 17.3 Å². The van der Waals surface area contributed by atoms with E-state index in [1.54, 1.807) is 18.2 Å². The lowest BCUT2D eigenvalue weighted by molar-refractivity contribution is 0.101. The van der Waals surface area contributed by atoms with Gasteiger partial charge < -0.3 is 8.92 Å². The number of carbonyl (C=O) groups excluding carboxylic acids is 1. The van der Waals surface area contributed by atoms with Crippen molar-refractivity contribution < 1.29 is 22.1 Å². The molecule has 126 valence electrons. The van der Waals surface area contributed by atoms with Crippen LogP contribution in [0.5, 0.6) is 11.5 Å². The van der Waals surface area contributed by atoms with E-state index in [-0.39, 0.29) is 16.4 Å². The first-order valence-electron chi connectivity index (χ1n) is 7.23. The summed E-state index contributed by atoms with van der Waals surface area (Å²) in [6.07, 6.45) is 3.72. The van der Waals surface area contributed by atoms with E-state index in [1.165, 1.54) is 38.3 Å². The molecule has 24 heavy (non-hydrogen) atoms. The molecule has 2 aromatic rings. The molecule has 0 unspecified atom stereocenters. The maximum atomic E-state index is 12.5. The molecular formula is C18H18O5S. The van der Waals surface area contributed by atoms with Crippen molar-refractivity contribution >= 4 is 22.0 Å². The Hall–Kier alpha value is -2.60. The molecule has 0 aliphatic carbocycles. The van der Waals surface area contributed by atoms with E-state index in [4.69, 9.17) is 8.92 Å². The maximum Gasteiger partial charge on any atom is 0.339 e. The van der Waals surface area contributed by atoms with Gasteiger partial charge in [0.1, 0.15) is 4.90 Å². The molecule has 6 heteroatoms. The van der Waals surface area contributed by atoms with Gasteiger partial charge in [-0.05, 0) is 43.7 Å². The van der Waals surface area contributed by atoms with Gasteiger partial charge in [-0.3, -0.25) is 4.79 Å². The Morgan fingerprint density at radius 2 is 1.83 bits per heavy atom. The van der Waals surface area contributed by atoms with Crippen LogP contribution < -0.4 is 8.92 Å². The summed E-state index contributed by atoms with van der Waals surface area (Å²) in [5.74, 6) is 0.163. The summed E-state index contributed by atoms with van der Waals surface area (Å²) in [4.78, 5) is 11.3. The first-order chi connectivity index (χ1) is 11.4. The van der Waals surface area contributed by atoms with E-state index in [1.807, 2.05) is 19.1 Å². The Bertz CT molecular complexity index is 882. The fraction of sp³-hybridized carbons (Fsp3) is 0.167. The molecule has 0 aromatic heterocycles. The van der Waals surface area contributed by atoms with Crippen LogP contribution in [-0.2, 0) is 10.1 Å². The number of rotatable bonds is 6. The molecule has 0 radical (unpaired) electrons. The molecule has 0 saturated carbocycles. The molecule has 5 nitrogen and oxygen atoms in total. The van der Waals surface area contributed by atoms with Gasteiger partial charge in [-0.25, -0.2) is 0 Å². The maximum absolute atomic E-state index is 12.5. The molecule has 2 aromatic carbocycles. The lowest BCUT2D eigenvalue weighted by atomic mass is 10.2. The van der Waals surface area contributed by atoms with Gasteiger partial charge in [-0.2, -0.15) is 8.42 Å². The van der Waals surface area contributed by atoms with Crippen molar-refractivity contribution in [2.24, 2.45) is 0 Å². The predicted molar refractivity (Wildman–Crippen MR) is 92.0 cm³/mol. The topological polar surface area (TPSA) is 69.7 Å². The first-order valence-corrected chi connectivity index (χ1v) is 8.64. The minimum Gasteiger partial charge on any atom is -0.493 e. The number of methoxy groups -OCH3 is 1. The van der Waals surface area contributed by atoms with Crippen LogP contribution in [0.3, 0.4) is 0 Å². The normalized spacial score (nSPS) is 11.5. The van der Waals surface area contributed by atoms with Crippen molar-refractivity contribution in [2.45, 2.75) is 18.7 Å². The molecule has 0 saturated heterocycles. The van der Waals surface area contributed by atoms with E-state index in [2.05, 4.69) is 0 Å². The highest BCUT2D eigenvalue weighted by Gasteiger charge is 2.20. The molecule has 2 rings (SSSR count). The van der Waals surface area contributed by atoms with Gasteiger partial charge >= 0.3 is 10.1 Å². The van der Waals surface area contributed by atoms with Crippen LogP contribution in [0.2, 0.25) is 0 Å². The number of Topliss-reactive ketones (excluding diaryl/α,β-unsaturated/α-hetero) is 1. The molecule has 0 amide bonds. The highest BCUT2D eigenvalue weighted by atomic mass is 32.2. The van der Waals surface area contributed by atoms with Crippen molar-refractivity contribution in [3.05, 3.63) is 59.7 Å². The summed E-state index contributed by atoms with van der Waals surface area (Å²) < 4.78 is 35.3. The van der Waals surface area contributed by atoms with Gasteiger partial charge in [-0.15, -0.1) is 0 Å². The largest absolute Gasteiger partial charge is 0.493 e. The first kappa shape index (κ1) is 17.7. The molecule has 0 aliphatic rings. The van der Waals surface area contributed by atoms with Crippen LogP contribution in [-0.4, -0.2) is 21.3 Å². The van der Waals surface area contributed by atoms with Crippen molar-refractivity contribution in [1.82, 2.24) is 0 Å². The average Bonchev–Trinajstić information content (AvgIpc) is 2.56. The van der Waals surface area contributed by atoms with Crippen molar-refractivity contribution in [2.75, 3.05) is 7.11 Å². The molecule has 0 atom stereocenters. The minimum atomic E-state index is -4.08. The van der Waals surface area contributed by atoms with E-state index in [0.717, 1.165) is 5.56 Å². The van der Waals surface area contributed by atoms with E-state index < -0.39 is 10.1 Å². The molecule has 0 heterocycles. The van der Waals surface area contributed by atoms with Crippen LogP contribution in [0.15, 0.2) is 53.4 Å². The zero-order chi connectivity index (χ0) is 17.7. The molecule has 0 bridgehead atoms. The highest BCUT2D eigenvalue weighted by molar-refractivity contribution is 7.87. The Morgan fingerprint density at radius 1 is 1.08 bits per heavy atom. The van der Waals surface area contributed by atoms with Crippen LogP contribution >= 0.6 is 0 Å². The van der Waals surface area contributed by atoms with Crippen molar-refractivity contribution in [3.8, 4) is 11.5 Å². The average molecular weight is 346 g/mol. The lowest BCUT2D eigenvalue weighted by Gasteiger charge is -2.12. The summed E-state index contributed by atoms with van der Waals surface area (Å²) in [7, 11) is -2.64. The van der Waals surface area contributed by atoms with Gasteiger partial charge in [0.2, 0.25) is 0 Å². The summed E-state index contributed by atoms with van der Waals surface area (Å²) in [6, 6.07) is 10.6. The smallest absolute Gasteiger partial charge is 0.339 e. The summed E-state index contributed by atoms with van der Waals surface area (Å²) in [5.41, 5.74) is 1.16. The Morgan fingerprint density at radius 3 is 2.46 bits per heavy atom. The highest BCUT2D eigenvalue weighted by Crippen LogP contribution is 2.31. The Labute approximate surface area is 141 Å². The summed E-state index contributed by atoms with van der Waals surface area (Å²) in [5, 5.41) is 0. The van der Waals surface area contributed by atoms with Crippen molar-refractivity contribution in [3.63, 3.8) is 0 Å². The van der Waals surface area contributed by atoms with E-state index in [9.17, 15) is 13.2 Å². The van der Waals surface area contributed by atoms with Gasteiger partial charge in [0.05, 0.1) is 7.11 Å². The third kappa shape index (κ3) is 4.02. The fourth-order valence-electron chi connectivity index (χ4n) is 2.09. The van der Waals surface area contributed by atoms with Gasteiger partial charge in [0, 0.05) is 5.56 Å². The quantitative estimate of drug-likeness (QED) is 0.589. The Kier molecular flexibility index (Phi) is 5.41. The van der Waals surface area contributed by atoms with Crippen LogP contribution in [0.4, 0.5) is 0 Å². The number of hydrogen-bond donors (Lipinski definition) is 0. The van der Waals surface area contributed by atoms with Crippen LogP contribution in [0.25, 0.3) is 6.08 Å². The number of carbonyl (C=O) groups is 1. The molecule has 0 N–H and O–H groups in total. The van der Waals surface area contributed by atoms with Crippen LogP contribution in [0.1, 0.15) is 29.8 Å². The lowest BCUT2D eigenvalue weighted by Crippen LogP contribution is -2.11.